The van der Waals surface area contributed by atoms with E-state index in [1.807, 2.05) is 25.7 Å². The molecule has 0 aromatic heterocycles. The minimum Gasteiger partial charge on any atom is -0.444 e. The van der Waals surface area contributed by atoms with Gasteiger partial charge >= 0.3 is 6.09 Å². The molecule has 1 fully saturated rings. The molecule has 0 unspecified atom stereocenters. The predicted octanol–water partition coefficient (Wildman–Crippen LogP) is 3.81. The van der Waals surface area contributed by atoms with Crippen LogP contribution in [-0.4, -0.2) is 34.0 Å². The van der Waals surface area contributed by atoms with Crippen LogP contribution in [-0.2, 0) is 4.74 Å². The summed E-state index contributed by atoms with van der Waals surface area (Å²) in [6, 6.07) is 0.521. The number of nitrogens with zero attached hydrogens (tertiary/aromatic N) is 1. The lowest BCUT2D eigenvalue weighted by molar-refractivity contribution is -0.00555. The number of alkyl halides is 1. The van der Waals surface area contributed by atoms with E-state index >= 15 is 0 Å². The van der Waals surface area contributed by atoms with Gasteiger partial charge < -0.3 is 9.64 Å². The maximum Gasteiger partial charge on any atom is 0.410 e. The Morgan fingerprint density at radius 1 is 1.29 bits per heavy atom. The molecule has 3 nitrogen and oxygen atoms in total. The highest BCUT2D eigenvalue weighted by Crippen LogP contribution is 2.30. The van der Waals surface area contributed by atoms with Crippen LogP contribution in [0.4, 0.5) is 4.79 Å². The van der Waals surface area contributed by atoms with Crippen LogP contribution >= 0.6 is 15.9 Å². The van der Waals surface area contributed by atoms with Crippen molar-refractivity contribution in [2.45, 2.75) is 65.1 Å². The van der Waals surface area contributed by atoms with Gasteiger partial charge in [-0.05, 0) is 53.4 Å². The summed E-state index contributed by atoms with van der Waals surface area (Å²) in [6.07, 6.45) is 1.93. The monoisotopic (exact) mass is 305 g/mol. The summed E-state index contributed by atoms with van der Waals surface area (Å²) in [5.41, 5.74) is -0.414. The molecular formula is C13H24BrNO2. The van der Waals surface area contributed by atoms with E-state index in [2.05, 4.69) is 29.8 Å². The van der Waals surface area contributed by atoms with Gasteiger partial charge in [-0.2, -0.15) is 0 Å². The fraction of sp³-hybridized carbons (Fsp3) is 0.923. The van der Waals surface area contributed by atoms with Crippen molar-refractivity contribution in [3.8, 4) is 0 Å². The Morgan fingerprint density at radius 2 is 1.76 bits per heavy atom. The lowest BCUT2D eigenvalue weighted by Crippen LogP contribution is -2.51. The van der Waals surface area contributed by atoms with E-state index in [1.54, 1.807) is 0 Å². The van der Waals surface area contributed by atoms with Crippen molar-refractivity contribution in [1.29, 1.82) is 0 Å². The molecule has 0 saturated carbocycles. The lowest BCUT2D eigenvalue weighted by Gasteiger charge is -2.42. The van der Waals surface area contributed by atoms with Crippen molar-refractivity contribution < 1.29 is 9.53 Å². The summed E-state index contributed by atoms with van der Waals surface area (Å²) in [4.78, 5) is 14.0. The topological polar surface area (TPSA) is 29.5 Å². The predicted molar refractivity (Wildman–Crippen MR) is 73.5 cm³/mol. The lowest BCUT2D eigenvalue weighted by atomic mass is 9.89. The van der Waals surface area contributed by atoms with Crippen LogP contribution in [0.2, 0.25) is 0 Å². The van der Waals surface area contributed by atoms with Crippen LogP contribution in [0.3, 0.4) is 0 Å². The summed E-state index contributed by atoms with van der Waals surface area (Å²) in [7, 11) is 0. The fourth-order valence-corrected chi connectivity index (χ4v) is 3.05. The SMILES string of the molecule is C[C@@H]1C[C@H](CBr)C[C@H](C)N1C(=O)OC(C)(C)C. The highest BCUT2D eigenvalue weighted by Gasteiger charge is 2.35. The highest BCUT2D eigenvalue weighted by molar-refractivity contribution is 9.09. The van der Waals surface area contributed by atoms with Crippen LogP contribution < -0.4 is 0 Å². The Hall–Kier alpha value is -0.250. The Bertz CT molecular complexity index is 263. The average Bonchev–Trinajstić information content (AvgIpc) is 2.13. The normalized spacial score (nSPS) is 30.2. The molecule has 1 amide bonds. The smallest absolute Gasteiger partial charge is 0.410 e. The largest absolute Gasteiger partial charge is 0.444 e. The van der Waals surface area contributed by atoms with Crippen LogP contribution in [0, 0.1) is 5.92 Å². The molecule has 0 radical (unpaired) electrons. The van der Waals surface area contributed by atoms with E-state index < -0.39 is 5.60 Å². The van der Waals surface area contributed by atoms with Gasteiger partial charge in [0, 0.05) is 17.4 Å². The average molecular weight is 306 g/mol. The number of carbonyl (C=O) groups excluding carboxylic acids is 1. The number of amides is 1. The van der Waals surface area contributed by atoms with E-state index in [1.165, 1.54) is 0 Å². The second kappa shape index (κ2) is 5.59. The molecule has 1 rings (SSSR count). The number of carbonyl (C=O) groups is 1. The fourth-order valence-electron chi connectivity index (χ4n) is 2.52. The van der Waals surface area contributed by atoms with Crippen molar-refractivity contribution in [3.05, 3.63) is 0 Å². The number of hydrogen-bond donors (Lipinski definition) is 0. The van der Waals surface area contributed by atoms with Crippen molar-refractivity contribution in [1.82, 2.24) is 4.90 Å². The first-order valence-corrected chi connectivity index (χ1v) is 7.44. The molecule has 1 aliphatic heterocycles. The first-order valence-electron chi connectivity index (χ1n) is 6.32. The molecule has 17 heavy (non-hydrogen) atoms. The van der Waals surface area contributed by atoms with E-state index in [0.717, 1.165) is 18.2 Å². The van der Waals surface area contributed by atoms with Crippen molar-refractivity contribution in [3.63, 3.8) is 0 Å². The zero-order valence-corrected chi connectivity index (χ0v) is 13.1. The number of halogens is 1. The summed E-state index contributed by atoms with van der Waals surface area (Å²) in [5.74, 6) is 0.665. The molecule has 1 saturated heterocycles. The number of likely N-dealkylation sites (tertiary alicyclic amines) is 1. The quantitative estimate of drug-likeness (QED) is 0.690. The maximum absolute atomic E-state index is 12.1. The van der Waals surface area contributed by atoms with Gasteiger partial charge in [-0.3, -0.25) is 0 Å². The van der Waals surface area contributed by atoms with E-state index in [0.29, 0.717) is 5.92 Å². The number of hydrogen-bond acceptors (Lipinski definition) is 2. The van der Waals surface area contributed by atoms with Crippen molar-refractivity contribution in [2.75, 3.05) is 5.33 Å². The van der Waals surface area contributed by atoms with Gasteiger partial charge in [-0.25, -0.2) is 4.79 Å². The second-order valence-corrected chi connectivity index (χ2v) is 6.72. The summed E-state index contributed by atoms with van der Waals surface area (Å²) < 4.78 is 5.46. The maximum atomic E-state index is 12.1. The third-order valence-electron chi connectivity index (χ3n) is 3.12. The Labute approximate surface area is 113 Å². The molecular weight excluding hydrogens is 282 g/mol. The Kier molecular flexibility index (Phi) is 4.87. The van der Waals surface area contributed by atoms with Gasteiger partial charge in [0.05, 0.1) is 0 Å². The van der Waals surface area contributed by atoms with Crippen LogP contribution in [0.25, 0.3) is 0 Å². The van der Waals surface area contributed by atoms with E-state index in [4.69, 9.17) is 4.74 Å². The van der Waals surface area contributed by atoms with Crippen LogP contribution in [0.15, 0.2) is 0 Å². The molecule has 0 aliphatic carbocycles. The van der Waals surface area contributed by atoms with Gasteiger partial charge in [0.2, 0.25) is 0 Å². The zero-order valence-electron chi connectivity index (χ0n) is 11.5. The van der Waals surface area contributed by atoms with Gasteiger partial charge in [-0.15, -0.1) is 0 Å². The molecule has 0 N–H and O–H groups in total. The number of rotatable bonds is 1. The molecule has 0 aromatic carbocycles. The highest BCUT2D eigenvalue weighted by atomic mass is 79.9. The standard InChI is InChI=1S/C13H24BrNO2/c1-9-6-11(8-14)7-10(2)15(9)12(16)17-13(3,4)5/h9-11H,6-8H2,1-5H3/t9-,10+,11+. The van der Waals surface area contributed by atoms with Crippen molar-refractivity contribution in [2.24, 2.45) is 5.92 Å². The first-order chi connectivity index (χ1) is 7.74. The third-order valence-corrected chi connectivity index (χ3v) is 4.04. The second-order valence-electron chi connectivity index (χ2n) is 6.08. The van der Waals surface area contributed by atoms with Crippen LogP contribution in [0.1, 0.15) is 47.5 Å². The summed E-state index contributed by atoms with van der Waals surface area (Å²) in [5, 5.41) is 1.02. The molecule has 100 valence electrons. The zero-order chi connectivity index (χ0) is 13.2. The minimum atomic E-state index is -0.414. The van der Waals surface area contributed by atoms with Gasteiger partial charge in [0.25, 0.3) is 0 Å². The number of piperidine rings is 1. The molecule has 1 heterocycles. The van der Waals surface area contributed by atoms with Crippen molar-refractivity contribution >= 4 is 22.0 Å². The molecule has 0 bridgehead atoms. The van der Waals surface area contributed by atoms with E-state index in [9.17, 15) is 4.79 Å². The van der Waals surface area contributed by atoms with E-state index in [-0.39, 0.29) is 18.2 Å². The summed E-state index contributed by atoms with van der Waals surface area (Å²) >= 11 is 3.54. The minimum absolute atomic E-state index is 0.175. The third kappa shape index (κ3) is 4.16. The van der Waals surface area contributed by atoms with Gasteiger partial charge in [0.1, 0.15) is 5.60 Å². The van der Waals surface area contributed by atoms with Gasteiger partial charge in [-0.1, -0.05) is 15.9 Å². The molecule has 0 aromatic rings. The summed E-state index contributed by atoms with van der Waals surface area (Å²) in [6.45, 7) is 9.94. The Balaban J connectivity index is 2.67. The van der Waals surface area contributed by atoms with Crippen LogP contribution in [0.5, 0.6) is 0 Å². The molecule has 1 aliphatic rings. The molecule has 4 heteroatoms. The first kappa shape index (κ1) is 14.8. The molecule has 0 spiro atoms. The molecule has 3 atom stereocenters. The Morgan fingerprint density at radius 3 is 2.12 bits per heavy atom. The van der Waals surface area contributed by atoms with Gasteiger partial charge in [0.15, 0.2) is 0 Å². The number of ether oxygens (including phenoxy) is 1.